The van der Waals surface area contributed by atoms with E-state index in [0.717, 1.165) is 18.3 Å². The predicted octanol–water partition coefficient (Wildman–Crippen LogP) is 4.36. The summed E-state index contributed by atoms with van der Waals surface area (Å²) in [6, 6.07) is 15.5. The van der Waals surface area contributed by atoms with E-state index in [1.54, 1.807) is 12.2 Å². The van der Waals surface area contributed by atoms with Gasteiger partial charge in [0.15, 0.2) is 0 Å². The molecule has 6 heteroatoms. The van der Waals surface area contributed by atoms with Gasteiger partial charge in [0.1, 0.15) is 11.0 Å². The van der Waals surface area contributed by atoms with Gasteiger partial charge in [-0.2, -0.15) is 0 Å². The topological polar surface area (TPSA) is 46.2 Å². The summed E-state index contributed by atoms with van der Waals surface area (Å²) >= 11 is 4.44. The summed E-state index contributed by atoms with van der Waals surface area (Å²) in [6.07, 6.45) is 4.78. The van der Waals surface area contributed by atoms with Gasteiger partial charge < -0.3 is 0 Å². The lowest BCUT2D eigenvalue weighted by Crippen LogP contribution is -2.21. The molecule has 118 valence electrons. The summed E-state index contributed by atoms with van der Waals surface area (Å²) in [7, 11) is -1.55. The minimum Gasteiger partial charge on any atom is -0.269 e. The van der Waals surface area contributed by atoms with Crippen molar-refractivity contribution in [3.8, 4) is 0 Å². The lowest BCUT2D eigenvalue weighted by atomic mass is 10.2. The number of amides is 1. The summed E-state index contributed by atoms with van der Waals surface area (Å²) in [4.78, 5) is 11.7. The molecular weight excluding hydrogens is 536 g/mol. The maximum Gasteiger partial charge on any atom is 0.255 e. The Balaban J connectivity index is 1.88. The summed E-state index contributed by atoms with van der Waals surface area (Å²) in [5, 5.41) is 1.46. The molecule has 0 aliphatic rings. The Kier molecular flexibility index (Phi) is 7.44. The van der Waals surface area contributed by atoms with Crippen molar-refractivity contribution < 1.29 is 9.00 Å². The molecule has 0 saturated heterocycles. The number of carbonyl (C=O) groups is 1. The van der Waals surface area contributed by atoms with Crippen LogP contribution in [0.5, 0.6) is 0 Å². The molecule has 0 radical (unpaired) electrons. The Morgan fingerprint density at radius 1 is 0.870 bits per heavy atom. The van der Waals surface area contributed by atoms with E-state index < -0.39 is 16.9 Å². The molecule has 0 fully saturated rings. The van der Waals surface area contributed by atoms with Crippen molar-refractivity contribution in [1.29, 1.82) is 0 Å². The molecule has 1 N–H and O–H groups in total. The molecule has 1 atom stereocenters. The fraction of sp³-hybridized carbons (Fsp3) is 0. The molecule has 0 aliphatic carbocycles. The Hall–Kier alpha value is -1.000. The van der Waals surface area contributed by atoms with E-state index in [4.69, 9.17) is 0 Å². The van der Waals surface area contributed by atoms with Crippen LogP contribution in [0.25, 0.3) is 12.2 Å². The van der Waals surface area contributed by atoms with Crippen molar-refractivity contribution in [1.82, 2.24) is 4.72 Å². The van der Waals surface area contributed by atoms with E-state index in [2.05, 4.69) is 49.9 Å². The van der Waals surface area contributed by atoms with Gasteiger partial charge in [-0.1, -0.05) is 24.3 Å². The predicted molar refractivity (Wildman–Crippen MR) is 113 cm³/mol. The Morgan fingerprint density at radius 2 is 1.35 bits per heavy atom. The Bertz CT molecular complexity index is 688. The second-order valence-corrected chi connectivity index (χ2v) is 8.07. The number of hydrogen-bond donors (Lipinski definition) is 1. The largest absolute Gasteiger partial charge is 0.269 e. The molecule has 0 bridgehead atoms. The van der Waals surface area contributed by atoms with Gasteiger partial charge in [-0.05, 0) is 92.7 Å². The monoisotopic (exact) mass is 549 g/mol. The standard InChI is InChI=1S/C17H13I2NO2S/c18-15-6-1-13(2-7-15)5-10-17(21)20-23(22)12-11-14-3-8-16(19)9-4-14/h1-12H,(H,20,21)/b10-5-,12-11+. The summed E-state index contributed by atoms with van der Waals surface area (Å²) in [5.41, 5.74) is 1.85. The van der Waals surface area contributed by atoms with Gasteiger partial charge >= 0.3 is 0 Å². The zero-order chi connectivity index (χ0) is 16.7. The van der Waals surface area contributed by atoms with Gasteiger partial charge in [-0.25, -0.2) is 4.21 Å². The number of nitrogens with one attached hydrogen (secondary N) is 1. The van der Waals surface area contributed by atoms with Crippen molar-refractivity contribution in [2.24, 2.45) is 0 Å². The van der Waals surface area contributed by atoms with E-state index in [9.17, 15) is 9.00 Å². The quantitative estimate of drug-likeness (QED) is 0.446. The molecular formula is C17H13I2NO2S. The lowest BCUT2D eigenvalue weighted by molar-refractivity contribution is -0.114. The van der Waals surface area contributed by atoms with E-state index in [-0.39, 0.29) is 0 Å². The van der Waals surface area contributed by atoms with E-state index in [0.29, 0.717) is 0 Å². The van der Waals surface area contributed by atoms with Crippen LogP contribution in [0.2, 0.25) is 0 Å². The highest BCUT2D eigenvalue weighted by molar-refractivity contribution is 14.1. The molecule has 2 aromatic rings. The molecule has 1 amide bonds. The minimum atomic E-state index is -1.55. The molecule has 2 aromatic carbocycles. The molecule has 2 rings (SSSR count). The van der Waals surface area contributed by atoms with Crippen molar-refractivity contribution in [2.75, 3.05) is 0 Å². The molecule has 3 nitrogen and oxygen atoms in total. The summed E-state index contributed by atoms with van der Waals surface area (Å²) in [6.45, 7) is 0. The fourth-order valence-electron chi connectivity index (χ4n) is 1.63. The highest BCUT2D eigenvalue weighted by Gasteiger charge is 1.99. The van der Waals surface area contributed by atoms with Crippen molar-refractivity contribution in [3.05, 3.63) is 78.3 Å². The highest BCUT2D eigenvalue weighted by Crippen LogP contribution is 2.09. The van der Waals surface area contributed by atoms with Crippen LogP contribution in [-0.2, 0) is 15.8 Å². The fourth-order valence-corrected chi connectivity index (χ4v) is 2.96. The van der Waals surface area contributed by atoms with Crippen molar-refractivity contribution in [3.63, 3.8) is 0 Å². The van der Waals surface area contributed by atoms with Crippen molar-refractivity contribution >= 4 is 74.2 Å². The first kappa shape index (κ1) is 18.3. The number of benzene rings is 2. The van der Waals surface area contributed by atoms with Crippen LogP contribution < -0.4 is 4.72 Å². The van der Waals surface area contributed by atoms with Gasteiger partial charge in [-0.3, -0.25) is 9.52 Å². The first-order valence-corrected chi connectivity index (χ1v) is 9.98. The number of carbonyl (C=O) groups excluding carboxylic acids is 1. The summed E-state index contributed by atoms with van der Waals surface area (Å²) in [5.74, 6) is -0.394. The summed E-state index contributed by atoms with van der Waals surface area (Å²) < 4.78 is 16.5. The first-order chi connectivity index (χ1) is 11.0. The molecule has 0 saturated carbocycles. The van der Waals surface area contributed by atoms with E-state index in [1.165, 1.54) is 11.5 Å². The molecule has 0 aliphatic heterocycles. The third-order valence-electron chi connectivity index (χ3n) is 2.75. The van der Waals surface area contributed by atoms with Gasteiger partial charge in [0.2, 0.25) is 0 Å². The van der Waals surface area contributed by atoms with Crippen LogP contribution in [0, 0.1) is 7.14 Å². The lowest BCUT2D eigenvalue weighted by Gasteiger charge is -1.98. The minimum absolute atomic E-state index is 0.394. The maximum atomic E-state index is 11.8. The van der Waals surface area contributed by atoms with Gasteiger partial charge in [0.25, 0.3) is 5.91 Å². The van der Waals surface area contributed by atoms with E-state index in [1.807, 2.05) is 48.5 Å². The van der Waals surface area contributed by atoms with Crippen LogP contribution in [0.4, 0.5) is 0 Å². The Morgan fingerprint density at radius 3 is 1.87 bits per heavy atom. The molecule has 0 heterocycles. The van der Waals surface area contributed by atoms with Gasteiger partial charge in [0, 0.05) is 18.6 Å². The SMILES string of the molecule is O=C(/C=C\c1ccc(I)cc1)NS(=O)/C=C/c1ccc(I)cc1. The molecule has 0 spiro atoms. The number of halogens is 2. The van der Waals surface area contributed by atoms with Crippen LogP contribution >= 0.6 is 45.2 Å². The Labute approximate surface area is 165 Å². The van der Waals surface area contributed by atoms with Crippen LogP contribution in [-0.4, -0.2) is 10.1 Å². The number of rotatable bonds is 5. The number of hydrogen-bond acceptors (Lipinski definition) is 2. The zero-order valence-electron chi connectivity index (χ0n) is 11.9. The average Bonchev–Trinajstić information content (AvgIpc) is 2.54. The van der Waals surface area contributed by atoms with Crippen LogP contribution in [0.3, 0.4) is 0 Å². The van der Waals surface area contributed by atoms with Crippen LogP contribution in [0.15, 0.2) is 60.0 Å². The third kappa shape index (κ3) is 6.96. The second kappa shape index (κ2) is 9.33. The van der Waals surface area contributed by atoms with Crippen LogP contribution in [0.1, 0.15) is 11.1 Å². The van der Waals surface area contributed by atoms with Crippen molar-refractivity contribution in [2.45, 2.75) is 0 Å². The molecule has 1 unspecified atom stereocenters. The second-order valence-electron chi connectivity index (χ2n) is 4.50. The third-order valence-corrected chi connectivity index (χ3v) is 4.98. The first-order valence-electron chi connectivity index (χ1n) is 6.61. The molecule has 0 aromatic heterocycles. The normalized spacial score (nSPS) is 12.6. The molecule has 23 heavy (non-hydrogen) atoms. The smallest absolute Gasteiger partial charge is 0.255 e. The average molecular weight is 549 g/mol. The zero-order valence-corrected chi connectivity index (χ0v) is 17.0. The highest BCUT2D eigenvalue weighted by atomic mass is 127. The van der Waals surface area contributed by atoms with Gasteiger partial charge in [0.05, 0.1) is 0 Å². The van der Waals surface area contributed by atoms with Gasteiger partial charge in [-0.15, -0.1) is 0 Å². The van der Waals surface area contributed by atoms with E-state index >= 15 is 0 Å². The maximum absolute atomic E-state index is 11.8.